The van der Waals surface area contributed by atoms with Crippen molar-refractivity contribution in [2.75, 3.05) is 5.32 Å². The van der Waals surface area contributed by atoms with Crippen LogP contribution in [0, 0.1) is 10.5 Å². The second-order valence-corrected chi connectivity index (χ2v) is 6.07. The molecule has 0 aromatic heterocycles. The molecule has 1 amide bonds. The van der Waals surface area contributed by atoms with E-state index in [9.17, 15) is 4.79 Å². The van der Waals surface area contributed by atoms with Crippen LogP contribution in [0.4, 0.5) is 5.69 Å². The summed E-state index contributed by atoms with van der Waals surface area (Å²) in [7, 11) is 0. The molecule has 0 unspecified atom stereocenters. The zero-order valence-electron chi connectivity index (χ0n) is 10.0. The van der Waals surface area contributed by atoms with Crippen LogP contribution >= 0.6 is 45.8 Å². The van der Waals surface area contributed by atoms with E-state index in [1.165, 1.54) is 0 Å². The van der Waals surface area contributed by atoms with Gasteiger partial charge in [0.1, 0.15) is 0 Å². The Labute approximate surface area is 135 Å². The molecule has 98 valence electrons. The molecule has 0 heterocycles. The molecule has 0 atom stereocenters. The predicted octanol–water partition coefficient (Wildman–Crippen LogP) is 5.16. The standard InChI is InChI=1S/C14H10Cl2INO/c1-8-2-4-10(12(17)6-8)14(19)18-13-5-3-9(15)7-11(13)16/h2-7H,1H3,(H,18,19). The quantitative estimate of drug-likeness (QED) is 0.687. The van der Waals surface area contributed by atoms with Crippen LogP contribution < -0.4 is 5.32 Å². The van der Waals surface area contributed by atoms with Crippen LogP contribution in [0.5, 0.6) is 0 Å². The van der Waals surface area contributed by atoms with E-state index in [2.05, 4.69) is 27.9 Å². The van der Waals surface area contributed by atoms with Crippen molar-refractivity contribution in [2.45, 2.75) is 6.92 Å². The third kappa shape index (κ3) is 3.61. The Balaban J connectivity index is 2.25. The molecule has 2 aromatic carbocycles. The van der Waals surface area contributed by atoms with Crippen LogP contribution in [0.15, 0.2) is 36.4 Å². The van der Waals surface area contributed by atoms with E-state index in [0.717, 1.165) is 9.13 Å². The third-order valence-electron chi connectivity index (χ3n) is 2.55. The van der Waals surface area contributed by atoms with Gasteiger partial charge < -0.3 is 5.32 Å². The highest BCUT2D eigenvalue weighted by Crippen LogP contribution is 2.26. The zero-order valence-corrected chi connectivity index (χ0v) is 13.7. The molecule has 1 N–H and O–H groups in total. The maximum Gasteiger partial charge on any atom is 0.256 e. The molecule has 2 nitrogen and oxygen atoms in total. The first-order chi connectivity index (χ1) is 8.97. The number of rotatable bonds is 2. The minimum absolute atomic E-state index is 0.186. The Kier molecular flexibility index (Phi) is 4.71. The molecule has 0 radical (unpaired) electrons. The van der Waals surface area contributed by atoms with Crippen LogP contribution in [-0.2, 0) is 0 Å². The van der Waals surface area contributed by atoms with Crippen molar-refractivity contribution in [3.63, 3.8) is 0 Å². The van der Waals surface area contributed by atoms with Crippen LogP contribution in [0.25, 0.3) is 0 Å². The predicted molar refractivity (Wildman–Crippen MR) is 88.3 cm³/mol. The minimum Gasteiger partial charge on any atom is -0.321 e. The van der Waals surface area contributed by atoms with Crippen molar-refractivity contribution in [3.8, 4) is 0 Å². The number of amides is 1. The molecule has 19 heavy (non-hydrogen) atoms. The fraction of sp³-hybridized carbons (Fsp3) is 0.0714. The van der Waals surface area contributed by atoms with Gasteiger partial charge in [-0.1, -0.05) is 34.8 Å². The summed E-state index contributed by atoms with van der Waals surface area (Å²) in [6.45, 7) is 1.99. The number of nitrogens with one attached hydrogen (secondary N) is 1. The molecular weight excluding hydrogens is 396 g/mol. The molecule has 0 fully saturated rings. The molecule has 0 saturated carbocycles. The van der Waals surface area contributed by atoms with Gasteiger partial charge in [0.2, 0.25) is 0 Å². The lowest BCUT2D eigenvalue weighted by Crippen LogP contribution is -2.13. The number of hydrogen-bond donors (Lipinski definition) is 1. The fourth-order valence-electron chi connectivity index (χ4n) is 1.58. The van der Waals surface area contributed by atoms with E-state index in [-0.39, 0.29) is 5.91 Å². The Hall–Kier alpha value is -0.780. The van der Waals surface area contributed by atoms with Crippen molar-refractivity contribution in [1.82, 2.24) is 0 Å². The Bertz CT molecular complexity index is 643. The summed E-state index contributed by atoms with van der Waals surface area (Å²) >= 11 is 14.0. The minimum atomic E-state index is -0.186. The average Bonchev–Trinajstić information content (AvgIpc) is 2.32. The highest BCUT2D eigenvalue weighted by atomic mass is 127. The largest absolute Gasteiger partial charge is 0.321 e. The van der Waals surface area contributed by atoms with Crippen molar-refractivity contribution < 1.29 is 4.79 Å². The molecule has 0 saturated heterocycles. The van der Waals surface area contributed by atoms with E-state index in [0.29, 0.717) is 21.3 Å². The summed E-state index contributed by atoms with van der Waals surface area (Å²) in [6.07, 6.45) is 0. The Morgan fingerprint density at radius 1 is 1.16 bits per heavy atom. The van der Waals surface area contributed by atoms with Gasteiger partial charge in [-0.2, -0.15) is 0 Å². The fourth-order valence-corrected chi connectivity index (χ4v) is 2.96. The summed E-state index contributed by atoms with van der Waals surface area (Å²) in [4.78, 5) is 12.2. The van der Waals surface area contributed by atoms with Gasteiger partial charge in [0.05, 0.1) is 16.3 Å². The van der Waals surface area contributed by atoms with Gasteiger partial charge >= 0.3 is 0 Å². The Morgan fingerprint density at radius 3 is 2.53 bits per heavy atom. The molecule has 0 bridgehead atoms. The lowest BCUT2D eigenvalue weighted by atomic mass is 10.1. The summed E-state index contributed by atoms with van der Waals surface area (Å²) in [5.41, 5.74) is 2.29. The smallest absolute Gasteiger partial charge is 0.256 e. The molecule has 0 aliphatic rings. The number of hydrogen-bond acceptors (Lipinski definition) is 1. The molecule has 0 aliphatic heterocycles. The number of halogens is 3. The lowest BCUT2D eigenvalue weighted by Gasteiger charge is -2.09. The molecule has 0 spiro atoms. The monoisotopic (exact) mass is 405 g/mol. The van der Waals surface area contributed by atoms with Gasteiger partial charge in [0.25, 0.3) is 5.91 Å². The van der Waals surface area contributed by atoms with Crippen LogP contribution in [0.2, 0.25) is 10.0 Å². The van der Waals surface area contributed by atoms with Crippen molar-refractivity contribution in [2.24, 2.45) is 0 Å². The van der Waals surface area contributed by atoms with E-state index >= 15 is 0 Å². The highest BCUT2D eigenvalue weighted by Gasteiger charge is 2.12. The molecule has 5 heteroatoms. The van der Waals surface area contributed by atoms with Crippen LogP contribution in [-0.4, -0.2) is 5.91 Å². The highest BCUT2D eigenvalue weighted by molar-refractivity contribution is 14.1. The second-order valence-electron chi connectivity index (χ2n) is 4.06. The SMILES string of the molecule is Cc1ccc(C(=O)Nc2ccc(Cl)cc2Cl)c(I)c1. The number of carbonyl (C=O) groups is 1. The maximum atomic E-state index is 12.2. The summed E-state index contributed by atoms with van der Waals surface area (Å²) < 4.78 is 0.903. The van der Waals surface area contributed by atoms with Gasteiger partial charge in [0.15, 0.2) is 0 Å². The summed E-state index contributed by atoms with van der Waals surface area (Å²) in [6, 6.07) is 10.6. The third-order valence-corrected chi connectivity index (χ3v) is 3.99. The van der Waals surface area contributed by atoms with Gasteiger partial charge in [-0.3, -0.25) is 4.79 Å². The average molecular weight is 406 g/mol. The van der Waals surface area contributed by atoms with E-state index in [1.807, 2.05) is 19.1 Å². The molecular formula is C14H10Cl2INO. The number of anilines is 1. The van der Waals surface area contributed by atoms with Gasteiger partial charge in [-0.25, -0.2) is 0 Å². The topological polar surface area (TPSA) is 29.1 Å². The van der Waals surface area contributed by atoms with Crippen molar-refractivity contribution >= 4 is 57.4 Å². The first-order valence-electron chi connectivity index (χ1n) is 5.50. The first-order valence-corrected chi connectivity index (χ1v) is 7.33. The van der Waals surface area contributed by atoms with Crippen molar-refractivity contribution in [1.29, 1.82) is 0 Å². The van der Waals surface area contributed by atoms with Crippen LogP contribution in [0.1, 0.15) is 15.9 Å². The Morgan fingerprint density at radius 2 is 1.89 bits per heavy atom. The van der Waals surface area contributed by atoms with Crippen LogP contribution in [0.3, 0.4) is 0 Å². The van der Waals surface area contributed by atoms with E-state index in [4.69, 9.17) is 23.2 Å². The number of aryl methyl sites for hydroxylation is 1. The number of carbonyl (C=O) groups excluding carboxylic acids is 1. The van der Waals surface area contributed by atoms with E-state index in [1.54, 1.807) is 24.3 Å². The normalized spacial score (nSPS) is 10.3. The van der Waals surface area contributed by atoms with Crippen molar-refractivity contribution in [3.05, 3.63) is 61.1 Å². The summed E-state index contributed by atoms with van der Waals surface area (Å²) in [5.74, 6) is -0.186. The lowest BCUT2D eigenvalue weighted by molar-refractivity contribution is 0.102. The molecule has 2 rings (SSSR count). The second kappa shape index (κ2) is 6.11. The van der Waals surface area contributed by atoms with Gasteiger partial charge in [-0.05, 0) is 59.8 Å². The first kappa shape index (κ1) is 14.6. The van der Waals surface area contributed by atoms with E-state index < -0.39 is 0 Å². The molecule has 2 aromatic rings. The summed E-state index contributed by atoms with van der Waals surface area (Å²) in [5, 5.41) is 3.73. The number of benzene rings is 2. The maximum absolute atomic E-state index is 12.2. The van der Waals surface area contributed by atoms with Gasteiger partial charge in [0, 0.05) is 8.59 Å². The van der Waals surface area contributed by atoms with Gasteiger partial charge in [-0.15, -0.1) is 0 Å². The zero-order chi connectivity index (χ0) is 14.0. The molecule has 0 aliphatic carbocycles.